The SMILES string of the molecule is COc1ccc(N(C)/N=C/c2ccc(N(C)C)cc2)cc1. The van der Waals surface area contributed by atoms with E-state index in [0.29, 0.717) is 0 Å². The Hall–Kier alpha value is -2.49. The number of nitrogens with zero attached hydrogens (tertiary/aromatic N) is 3. The summed E-state index contributed by atoms with van der Waals surface area (Å²) in [6.07, 6.45) is 1.85. The van der Waals surface area contributed by atoms with Crippen LogP contribution in [0.1, 0.15) is 5.56 Å². The average Bonchev–Trinajstić information content (AvgIpc) is 2.53. The highest BCUT2D eigenvalue weighted by atomic mass is 16.5. The molecule has 4 nitrogen and oxygen atoms in total. The molecule has 0 fully saturated rings. The van der Waals surface area contributed by atoms with Crippen LogP contribution in [0.5, 0.6) is 5.75 Å². The third-order valence-electron chi connectivity index (χ3n) is 3.24. The Morgan fingerprint density at radius 3 is 1.95 bits per heavy atom. The van der Waals surface area contributed by atoms with Crippen LogP contribution in [0, 0.1) is 0 Å². The standard InChI is InChI=1S/C17H21N3O/c1-19(2)15-7-5-14(6-8-15)13-18-20(3)16-9-11-17(21-4)12-10-16/h5-13H,1-4H3/b18-13+. The first-order valence-corrected chi connectivity index (χ1v) is 6.79. The molecule has 0 aliphatic heterocycles. The lowest BCUT2D eigenvalue weighted by atomic mass is 10.2. The van der Waals surface area contributed by atoms with Crippen LogP contribution in [0.15, 0.2) is 53.6 Å². The van der Waals surface area contributed by atoms with E-state index in [9.17, 15) is 0 Å². The normalized spacial score (nSPS) is 10.7. The number of methoxy groups -OCH3 is 1. The fraction of sp³-hybridized carbons (Fsp3) is 0.235. The van der Waals surface area contributed by atoms with Crippen molar-refractivity contribution in [3.63, 3.8) is 0 Å². The summed E-state index contributed by atoms with van der Waals surface area (Å²) >= 11 is 0. The molecule has 0 unspecified atom stereocenters. The van der Waals surface area contributed by atoms with E-state index in [1.54, 1.807) is 7.11 Å². The van der Waals surface area contributed by atoms with Gasteiger partial charge in [0.2, 0.25) is 0 Å². The largest absolute Gasteiger partial charge is 0.497 e. The van der Waals surface area contributed by atoms with E-state index in [-0.39, 0.29) is 0 Å². The van der Waals surface area contributed by atoms with E-state index in [0.717, 1.165) is 17.0 Å². The molecule has 0 aromatic heterocycles. The number of hydrogen-bond acceptors (Lipinski definition) is 4. The van der Waals surface area contributed by atoms with Crippen molar-refractivity contribution in [2.45, 2.75) is 0 Å². The number of anilines is 2. The minimum Gasteiger partial charge on any atom is -0.497 e. The van der Waals surface area contributed by atoms with Crippen LogP contribution < -0.4 is 14.6 Å². The van der Waals surface area contributed by atoms with Crippen LogP contribution in [-0.4, -0.2) is 34.5 Å². The molecule has 0 N–H and O–H groups in total. The number of hydrogen-bond donors (Lipinski definition) is 0. The highest BCUT2D eigenvalue weighted by Crippen LogP contribution is 2.18. The Morgan fingerprint density at radius 1 is 0.857 bits per heavy atom. The van der Waals surface area contributed by atoms with E-state index < -0.39 is 0 Å². The molecule has 0 aliphatic carbocycles. The van der Waals surface area contributed by atoms with Crippen LogP contribution in [0.2, 0.25) is 0 Å². The number of hydrazone groups is 1. The Bertz CT molecular complexity index is 588. The Kier molecular flexibility index (Phi) is 4.82. The van der Waals surface area contributed by atoms with Gasteiger partial charge in [-0.2, -0.15) is 5.10 Å². The van der Waals surface area contributed by atoms with Crippen LogP contribution >= 0.6 is 0 Å². The zero-order valence-electron chi connectivity index (χ0n) is 12.9. The second-order valence-corrected chi connectivity index (χ2v) is 4.95. The fourth-order valence-electron chi connectivity index (χ4n) is 1.88. The molecule has 0 saturated carbocycles. The van der Waals surface area contributed by atoms with Gasteiger partial charge in [0.1, 0.15) is 5.75 Å². The molecule has 0 radical (unpaired) electrons. The molecule has 4 heteroatoms. The van der Waals surface area contributed by atoms with Gasteiger partial charge in [-0.25, -0.2) is 0 Å². The molecule has 0 amide bonds. The van der Waals surface area contributed by atoms with Gasteiger partial charge >= 0.3 is 0 Å². The summed E-state index contributed by atoms with van der Waals surface area (Å²) in [5.41, 5.74) is 3.26. The molecule has 0 heterocycles. The summed E-state index contributed by atoms with van der Waals surface area (Å²) in [5.74, 6) is 0.843. The molecule has 21 heavy (non-hydrogen) atoms. The maximum Gasteiger partial charge on any atom is 0.119 e. The second-order valence-electron chi connectivity index (χ2n) is 4.95. The molecule has 2 rings (SSSR count). The predicted molar refractivity (Wildman–Crippen MR) is 89.8 cm³/mol. The van der Waals surface area contributed by atoms with Gasteiger partial charge in [0.25, 0.3) is 0 Å². The molecule has 0 aliphatic rings. The fourth-order valence-corrected chi connectivity index (χ4v) is 1.88. The van der Waals surface area contributed by atoms with Crippen molar-refractivity contribution in [2.24, 2.45) is 5.10 Å². The molecule has 0 bridgehead atoms. The number of rotatable bonds is 5. The van der Waals surface area contributed by atoms with Gasteiger partial charge in [0.15, 0.2) is 0 Å². The topological polar surface area (TPSA) is 28.1 Å². The van der Waals surface area contributed by atoms with Crippen LogP contribution in [0.4, 0.5) is 11.4 Å². The van der Waals surface area contributed by atoms with E-state index in [1.807, 2.05) is 56.6 Å². The molecule has 0 atom stereocenters. The molecular weight excluding hydrogens is 262 g/mol. The molecular formula is C17H21N3O. The summed E-state index contributed by atoms with van der Waals surface area (Å²) in [4.78, 5) is 2.07. The smallest absolute Gasteiger partial charge is 0.119 e. The van der Waals surface area contributed by atoms with Crippen molar-refractivity contribution in [1.82, 2.24) is 0 Å². The van der Waals surface area contributed by atoms with E-state index >= 15 is 0 Å². The van der Waals surface area contributed by atoms with Crippen molar-refractivity contribution < 1.29 is 4.74 Å². The summed E-state index contributed by atoms with van der Waals surface area (Å²) in [5, 5.41) is 6.28. The van der Waals surface area contributed by atoms with E-state index in [4.69, 9.17) is 4.74 Å². The first-order valence-electron chi connectivity index (χ1n) is 6.79. The summed E-state index contributed by atoms with van der Waals surface area (Å²) in [7, 11) is 7.64. The van der Waals surface area contributed by atoms with Crippen molar-refractivity contribution >= 4 is 17.6 Å². The maximum absolute atomic E-state index is 5.15. The molecule has 0 saturated heterocycles. The van der Waals surface area contributed by atoms with Gasteiger partial charge in [0, 0.05) is 26.8 Å². The highest BCUT2D eigenvalue weighted by Gasteiger charge is 1.99. The third kappa shape index (κ3) is 3.99. The summed E-state index contributed by atoms with van der Waals surface area (Å²) < 4.78 is 5.15. The minimum atomic E-state index is 0.843. The zero-order valence-corrected chi connectivity index (χ0v) is 12.9. The Morgan fingerprint density at radius 2 is 1.43 bits per heavy atom. The quantitative estimate of drug-likeness (QED) is 0.623. The van der Waals surface area contributed by atoms with Crippen molar-refractivity contribution in [1.29, 1.82) is 0 Å². The van der Waals surface area contributed by atoms with Gasteiger partial charge in [0.05, 0.1) is 19.0 Å². The number of benzene rings is 2. The summed E-state index contributed by atoms with van der Waals surface area (Å²) in [6, 6.07) is 16.1. The molecule has 110 valence electrons. The van der Waals surface area contributed by atoms with Gasteiger partial charge in [-0.3, -0.25) is 5.01 Å². The van der Waals surface area contributed by atoms with Crippen LogP contribution in [-0.2, 0) is 0 Å². The predicted octanol–water partition coefficient (Wildman–Crippen LogP) is 3.23. The summed E-state index contributed by atoms with van der Waals surface area (Å²) in [6.45, 7) is 0. The molecule has 2 aromatic carbocycles. The van der Waals surface area contributed by atoms with Gasteiger partial charge in [-0.05, 0) is 42.0 Å². The van der Waals surface area contributed by atoms with Crippen molar-refractivity contribution in [2.75, 3.05) is 38.2 Å². The van der Waals surface area contributed by atoms with Gasteiger partial charge in [-0.15, -0.1) is 0 Å². The monoisotopic (exact) mass is 283 g/mol. The van der Waals surface area contributed by atoms with Crippen molar-refractivity contribution in [3.8, 4) is 5.75 Å². The zero-order chi connectivity index (χ0) is 15.2. The molecule has 0 spiro atoms. The minimum absolute atomic E-state index is 0.843. The first kappa shape index (κ1) is 14.9. The van der Waals surface area contributed by atoms with E-state index in [1.165, 1.54) is 5.69 Å². The van der Waals surface area contributed by atoms with Crippen LogP contribution in [0.25, 0.3) is 0 Å². The Balaban J connectivity index is 2.05. The third-order valence-corrected chi connectivity index (χ3v) is 3.24. The van der Waals surface area contributed by atoms with Gasteiger partial charge in [-0.1, -0.05) is 12.1 Å². The van der Waals surface area contributed by atoms with Crippen LogP contribution in [0.3, 0.4) is 0 Å². The van der Waals surface area contributed by atoms with Gasteiger partial charge < -0.3 is 9.64 Å². The lowest BCUT2D eigenvalue weighted by Gasteiger charge is -2.14. The lowest BCUT2D eigenvalue weighted by Crippen LogP contribution is -2.09. The maximum atomic E-state index is 5.15. The number of ether oxygens (including phenoxy) is 1. The lowest BCUT2D eigenvalue weighted by molar-refractivity contribution is 0.415. The molecule has 2 aromatic rings. The van der Waals surface area contributed by atoms with E-state index in [2.05, 4.69) is 34.3 Å². The highest BCUT2D eigenvalue weighted by molar-refractivity contribution is 5.81. The average molecular weight is 283 g/mol. The van der Waals surface area contributed by atoms with Crippen molar-refractivity contribution in [3.05, 3.63) is 54.1 Å². The first-order chi connectivity index (χ1) is 10.1. The Labute approximate surface area is 126 Å². The second kappa shape index (κ2) is 6.79.